The molecule has 0 N–H and O–H groups in total. The summed E-state index contributed by atoms with van der Waals surface area (Å²) in [7, 11) is 0. The fourth-order valence-corrected chi connectivity index (χ4v) is 3.40. The number of halogens is 1. The third kappa shape index (κ3) is 3.91. The van der Waals surface area contributed by atoms with E-state index in [1.165, 1.54) is 11.1 Å². The molecule has 2 aliphatic rings. The Labute approximate surface area is 132 Å². The molecule has 1 fully saturated rings. The van der Waals surface area contributed by atoms with Crippen molar-refractivity contribution in [3.8, 4) is 5.75 Å². The first kappa shape index (κ1) is 15.1. The molecule has 116 valence electrons. The average molecular weight is 310 g/mol. The van der Waals surface area contributed by atoms with Gasteiger partial charge in [0.2, 0.25) is 0 Å². The smallest absolute Gasteiger partial charge is 0.123 e. The third-order valence-electron chi connectivity index (χ3n) is 4.38. The second-order valence-electron chi connectivity index (χ2n) is 6.11. The molecule has 0 amide bonds. The van der Waals surface area contributed by atoms with Crippen molar-refractivity contribution < 1.29 is 9.47 Å². The summed E-state index contributed by atoms with van der Waals surface area (Å²) in [4.78, 5) is 2.50. The zero-order valence-electron chi connectivity index (χ0n) is 12.7. The van der Waals surface area contributed by atoms with Gasteiger partial charge >= 0.3 is 0 Å². The zero-order valence-corrected chi connectivity index (χ0v) is 13.4. The minimum absolute atomic E-state index is 0.308. The number of hydrogen-bond donors (Lipinski definition) is 0. The zero-order chi connectivity index (χ0) is 14.7. The second kappa shape index (κ2) is 6.99. The Bertz CT molecular complexity index is 472. The van der Waals surface area contributed by atoms with Gasteiger partial charge in [0.05, 0.1) is 12.7 Å². The Morgan fingerprint density at radius 3 is 2.90 bits per heavy atom. The Balaban J connectivity index is 1.45. The van der Waals surface area contributed by atoms with Gasteiger partial charge in [0.1, 0.15) is 11.9 Å². The van der Waals surface area contributed by atoms with Gasteiger partial charge in [0.15, 0.2) is 0 Å². The summed E-state index contributed by atoms with van der Waals surface area (Å²) >= 11 is 5.67. The quantitative estimate of drug-likeness (QED) is 0.780. The van der Waals surface area contributed by atoms with Gasteiger partial charge in [-0.3, -0.25) is 4.90 Å². The largest absolute Gasteiger partial charge is 0.488 e. The number of likely N-dealkylation sites (tertiary alicyclic amines) is 1. The molecule has 1 aromatic carbocycles. The molecule has 1 atom stereocenters. The first-order valence-corrected chi connectivity index (χ1v) is 8.44. The van der Waals surface area contributed by atoms with E-state index in [0.29, 0.717) is 24.7 Å². The predicted molar refractivity (Wildman–Crippen MR) is 85.4 cm³/mol. The Morgan fingerprint density at radius 2 is 2.14 bits per heavy atom. The number of alkyl halides is 1. The van der Waals surface area contributed by atoms with Crippen LogP contribution in [-0.4, -0.2) is 49.2 Å². The van der Waals surface area contributed by atoms with Crippen molar-refractivity contribution in [2.24, 2.45) is 0 Å². The monoisotopic (exact) mass is 309 g/mol. The van der Waals surface area contributed by atoms with Crippen molar-refractivity contribution in [3.63, 3.8) is 0 Å². The molecule has 1 unspecified atom stereocenters. The van der Waals surface area contributed by atoms with Crippen LogP contribution in [0.2, 0.25) is 0 Å². The number of hydrogen-bond acceptors (Lipinski definition) is 3. The van der Waals surface area contributed by atoms with E-state index in [1.807, 2.05) is 0 Å². The van der Waals surface area contributed by atoms with Crippen molar-refractivity contribution in [1.29, 1.82) is 0 Å². The lowest BCUT2D eigenvalue weighted by molar-refractivity contribution is 0.00813. The van der Waals surface area contributed by atoms with Crippen molar-refractivity contribution in [1.82, 2.24) is 4.90 Å². The molecule has 0 saturated carbocycles. The van der Waals surface area contributed by atoms with Crippen LogP contribution in [0.15, 0.2) is 18.2 Å². The van der Waals surface area contributed by atoms with Crippen molar-refractivity contribution in [2.75, 3.05) is 32.1 Å². The van der Waals surface area contributed by atoms with Crippen molar-refractivity contribution in [3.05, 3.63) is 29.3 Å². The van der Waals surface area contributed by atoms with E-state index in [1.54, 1.807) is 0 Å². The molecule has 3 nitrogen and oxygen atoms in total. The van der Waals surface area contributed by atoms with Crippen LogP contribution in [0, 0.1) is 6.92 Å². The van der Waals surface area contributed by atoms with Crippen LogP contribution in [0.25, 0.3) is 0 Å². The Hall–Kier alpha value is -0.770. The molecule has 3 rings (SSSR count). The molecule has 0 aromatic heterocycles. The van der Waals surface area contributed by atoms with Crippen molar-refractivity contribution in [2.45, 2.75) is 38.4 Å². The maximum Gasteiger partial charge on any atom is 0.123 e. The molecule has 0 aliphatic carbocycles. The molecule has 1 saturated heterocycles. The molecule has 0 spiro atoms. The number of benzene rings is 1. The molecule has 2 aliphatic heterocycles. The SMILES string of the molecule is Cc1ccc2c(c1)CC(CN1CCC(OCCCl)CC1)O2. The van der Waals surface area contributed by atoms with E-state index < -0.39 is 0 Å². The minimum Gasteiger partial charge on any atom is -0.488 e. The molecule has 0 radical (unpaired) electrons. The highest BCUT2D eigenvalue weighted by molar-refractivity contribution is 6.17. The van der Waals surface area contributed by atoms with Gasteiger partial charge in [-0.1, -0.05) is 17.7 Å². The van der Waals surface area contributed by atoms with Crippen LogP contribution in [0.5, 0.6) is 5.75 Å². The van der Waals surface area contributed by atoms with E-state index in [2.05, 4.69) is 30.0 Å². The average Bonchev–Trinajstić information content (AvgIpc) is 2.88. The summed E-state index contributed by atoms with van der Waals surface area (Å²) in [6.45, 7) is 6.03. The van der Waals surface area contributed by atoms with E-state index in [-0.39, 0.29) is 0 Å². The summed E-state index contributed by atoms with van der Waals surface area (Å²) in [6, 6.07) is 6.49. The molecule has 0 bridgehead atoms. The van der Waals surface area contributed by atoms with Crippen LogP contribution < -0.4 is 4.74 Å². The van der Waals surface area contributed by atoms with Crippen molar-refractivity contribution >= 4 is 11.6 Å². The maximum absolute atomic E-state index is 6.07. The van der Waals surface area contributed by atoms with Gasteiger partial charge in [-0.2, -0.15) is 0 Å². The van der Waals surface area contributed by atoms with Crippen LogP contribution in [0.4, 0.5) is 0 Å². The second-order valence-corrected chi connectivity index (χ2v) is 6.49. The van der Waals surface area contributed by atoms with E-state index in [4.69, 9.17) is 21.1 Å². The molecule has 4 heteroatoms. The summed E-state index contributed by atoms with van der Waals surface area (Å²) in [5, 5.41) is 0. The minimum atomic E-state index is 0.308. The summed E-state index contributed by atoms with van der Waals surface area (Å²) in [6.07, 6.45) is 3.96. The normalized spacial score (nSPS) is 23.0. The fourth-order valence-electron chi connectivity index (χ4n) is 3.31. The number of nitrogens with zero attached hydrogens (tertiary/aromatic N) is 1. The summed E-state index contributed by atoms with van der Waals surface area (Å²) < 4.78 is 11.8. The maximum atomic E-state index is 6.07. The van der Waals surface area contributed by atoms with Gasteiger partial charge in [-0.15, -0.1) is 11.6 Å². The molecule has 1 aromatic rings. The summed E-state index contributed by atoms with van der Waals surface area (Å²) in [5.74, 6) is 1.67. The topological polar surface area (TPSA) is 21.7 Å². The van der Waals surface area contributed by atoms with E-state index in [0.717, 1.165) is 44.6 Å². The van der Waals surface area contributed by atoms with E-state index in [9.17, 15) is 0 Å². The number of rotatable bonds is 5. The molecule has 2 heterocycles. The lowest BCUT2D eigenvalue weighted by atomic mass is 10.0. The highest BCUT2D eigenvalue weighted by atomic mass is 35.5. The van der Waals surface area contributed by atoms with Crippen LogP contribution in [-0.2, 0) is 11.2 Å². The number of aryl methyl sites for hydroxylation is 1. The lowest BCUT2D eigenvalue weighted by Crippen LogP contribution is -2.42. The summed E-state index contributed by atoms with van der Waals surface area (Å²) in [5.41, 5.74) is 2.68. The van der Waals surface area contributed by atoms with Gasteiger partial charge < -0.3 is 9.47 Å². The number of fused-ring (bicyclic) bond motifs is 1. The van der Waals surface area contributed by atoms with Gasteiger partial charge in [0.25, 0.3) is 0 Å². The Kier molecular flexibility index (Phi) is 5.04. The fraction of sp³-hybridized carbons (Fsp3) is 0.647. The highest BCUT2D eigenvalue weighted by Gasteiger charge is 2.27. The van der Waals surface area contributed by atoms with Gasteiger partial charge in [-0.25, -0.2) is 0 Å². The van der Waals surface area contributed by atoms with Gasteiger partial charge in [0, 0.05) is 31.9 Å². The van der Waals surface area contributed by atoms with E-state index >= 15 is 0 Å². The number of piperidine rings is 1. The molecular weight excluding hydrogens is 286 g/mol. The first-order chi connectivity index (χ1) is 10.2. The van der Waals surface area contributed by atoms with Crippen LogP contribution >= 0.6 is 11.6 Å². The first-order valence-electron chi connectivity index (χ1n) is 7.90. The predicted octanol–water partition coefficient (Wildman–Crippen LogP) is 3.02. The molecular formula is C17H24ClNO2. The van der Waals surface area contributed by atoms with Crippen LogP contribution in [0.1, 0.15) is 24.0 Å². The van der Waals surface area contributed by atoms with Crippen LogP contribution in [0.3, 0.4) is 0 Å². The standard InChI is InChI=1S/C17H24ClNO2/c1-13-2-3-17-14(10-13)11-16(21-17)12-19-7-4-15(5-8-19)20-9-6-18/h2-3,10,15-16H,4-9,11-12H2,1H3. The Morgan fingerprint density at radius 1 is 1.33 bits per heavy atom. The van der Waals surface area contributed by atoms with Gasteiger partial charge in [-0.05, 0) is 31.4 Å². The number of ether oxygens (including phenoxy) is 2. The lowest BCUT2D eigenvalue weighted by Gasteiger charge is -2.33. The molecule has 21 heavy (non-hydrogen) atoms. The highest BCUT2D eigenvalue weighted by Crippen LogP contribution is 2.30. The third-order valence-corrected chi connectivity index (χ3v) is 4.54.